The van der Waals surface area contributed by atoms with Crippen LogP contribution in [0, 0.1) is 0 Å². The van der Waals surface area contributed by atoms with E-state index >= 15 is 0 Å². The van der Waals surface area contributed by atoms with Crippen LogP contribution in [0.25, 0.3) is 5.52 Å². The molecule has 4 N–H and O–H groups in total. The number of hydrogen-bond donors (Lipinski definition) is 3. The molecule has 0 aliphatic rings. The second kappa shape index (κ2) is 5.31. The summed E-state index contributed by atoms with van der Waals surface area (Å²) in [6.07, 6.45) is 3.75. The van der Waals surface area contributed by atoms with Crippen molar-refractivity contribution in [3.05, 3.63) is 36.2 Å². The molecule has 0 bridgehead atoms. The van der Waals surface area contributed by atoms with Gasteiger partial charge in [-0.15, -0.1) is 0 Å². The highest BCUT2D eigenvalue weighted by Crippen LogP contribution is 2.08. The molecule has 2 rings (SSSR count). The standard InChI is InChI=1S/C11H15N5O/c12-11(17)14-5-4-13-7-9-8-15-16-6-2-1-3-10(9)16/h1-3,6,8,13H,4-5,7H2,(H3,12,14,17). The fourth-order valence-electron chi connectivity index (χ4n) is 1.62. The van der Waals surface area contributed by atoms with E-state index in [-0.39, 0.29) is 0 Å². The Hall–Kier alpha value is -2.08. The molecular formula is C11H15N5O. The lowest BCUT2D eigenvalue weighted by Crippen LogP contribution is -2.35. The Kier molecular flexibility index (Phi) is 3.56. The van der Waals surface area contributed by atoms with Crippen LogP contribution in [-0.2, 0) is 6.54 Å². The maximum absolute atomic E-state index is 10.4. The smallest absolute Gasteiger partial charge is 0.312 e. The number of nitrogens with two attached hydrogens (primary N) is 1. The van der Waals surface area contributed by atoms with Crippen molar-refractivity contribution in [3.63, 3.8) is 0 Å². The molecule has 0 aliphatic heterocycles. The maximum atomic E-state index is 10.4. The summed E-state index contributed by atoms with van der Waals surface area (Å²) in [5.74, 6) is 0. The molecule has 90 valence electrons. The highest BCUT2D eigenvalue weighted by atomic mass is 16.2. The van der Waals surface area contributed by atoms with Crippen LogP contribution in [0.15, 0.2) is 30.6 Å². The van der Waals surface area contributed by atoms with Gasteiger partial charge in [0.2, 0.25) is 0 Å². The van der Waals surface area contributed by atoms with Crippen molar-refractivity contribution in [1.82, 2.24) is 20.2 Å². The number of amides is 2. The monoisotopic (exact) mass is 233 g/mol. The quantitative estimate of drug-likeness (QED) is 0.640. The molecule has 0 aliphatic carbocycles. The summed E-state index contributed by atoms with van der Waals surface area (Å²) < 4.78 is 1.83. The van der Waals surface area contributed by atoms with Crippen molar-refractivity contribution in [1.29, 1.82) is 0 Å². The molecule has 6 heteroatoms. The lowest BCUT2D eigenvalue weighted by molar-refractivity contribution is 0.249. The molecule has 17 heavy (non-hydrogen) atoms. The number of nitrogens with one attached hydrogen (secondary N) is 2. The number of aromatic nitrogens is 2. The first kappa shape index (κ1) is 11.4. The summed E-state index contributed by atoms with van der Waals surface area (Å²) in [6.45, 7) is 1.91. The van der Waals surface area contributed by atoms with E-state index in [1.807, 2.05) is 35.1 Å². The van der Waals surface area contributed by atoms with Gasteiger partial charge in [0, 0.05) is 31.4 Å². The number of urea groups is 1. The fourth-order valence-corrected chi connectivity index (χ4v) is 1.62. The Labute approximate surface area is 98.8 Å². The Morgan fingerprint density at radius 1 is 1.41 bits per heavy atom. The van der Waals surface area contributed by atoms with Gasteiger partial charge in [-0.3, -0.25) is 0 Å². The van der Waals surface area contributed by atoms with Crippen molar-refractivity contribution in [2.24, 2.45) is 5.73 Å². The average Bonchev–Trinajstić information content (AvgIpc) is 2.72. The first-order chi connectivity index (χ1) is 8.27. The van der Waals surface area contributed by atoms with Crippen molar-refractivity contribution in [2.45, 2.75) is 6.54 Å². The van der Waals surface area contributed by atoms with E-state index in [1.165, 1.54) is 0 Å². The van der Waals surface area contributed by atoms with Gasteiger partial charge in [0.25, 0.3) is 0 Å². The van der Waals surface area contributed by atoms with E-state index in [9.17, 15) is 4.79 Å². The number of carbonyl (C=O) groups excluding carboxylic acids is 1. The zero-order chi connectivity index (χ0) is 12.1. The van der Waals surface area contributed by atoms with Crippen LogP contribution in [0.3, 0.4) is 0 Å². The molecule has 0 saturated carbocycles. The van der Waals surface area contributed by atoms with Gasteiger partial charge >= 0.3 is 6.03 Å². The van der Waals surface area contributed by atoms with Crippen LogP contribution in [0.5, 0.6) is 0 Å². The largest absolute Gasteiger partial charge is 0.352 e. The Balaban J connectivity index is 1.85. The molecule has 0 spiro atoms. The Morgan fingerprint density at radius 2 is 2.29 bits per heavy atom. The van der Waals surface area contributed by atoms with E-state index in [0.717, 1.165) is 11.1 Å². The summed E-state index contributed by atoms with van der Waals surface area (Å²) in [5, 5.41) is 9.96. The summed E-state index contributed by atoms with van der Waals surface area (Å²) in [6, 6.07) is 5.44. The van der Waals surface area contributed by atoms with Crippen molar-refractivity contribution in [3.8, 4) is 0 Å². The number of carbonyl (C=O) groups is 1. The molecule has 2 aromatic heterocycles. The minimum Gasteiger partial charge on any atom is -0.352 e. The van der Waals surface area contributed by atoms with Gasteiger partial charge in [-0.05, 0) is 12.1 Å². The Morgan fingerprint density at radius 3 is 3.12 bits per heavy atom. The zero-order valence-electron chi connectivity index (χ0n) is 9.39. The van der Waals surface area contributed by atoms with Crippen LogP contribution in [0.1, 0.15) is 5.56 Å². The molecule has 0 radical (unpaired) electrons. The normalized spacial score (nSPS) is 10.6. The minimum absolute atomic E-state index is 0.497. The summed E-state index contributed by atoms with van der Waals surface area (Å²) in [4.78, 5) is 10.4. The lowest BCUT2D eigenvalue weighted by Gasteiger charge is -2.03. The first-order valence-corrected chi connectivity index (χ1v) is 5.42. The molecule has 2 amide bonds. The predicted molar refractivity (Wildman–Crippen MR) is 64.5 cm³/mol. The molecule has 0 fully saturated rings. The number of nitrogens with zero attached hydrogens (tertiary/aromatic N) is 2. The van der Waals surface area contributed by atoms with E-state index < -0.39 is 6.03 Å². The number of primary amides is 1. The molecule has 0 atom stereocenters. The van der Waals surface area contributed by atoms with Gasteiger partial charge in [0.1, 0.15) is 0 Å². The summed E-state index contributed by atoms with van der Waals surface area (Å²) in [7, 11) is 0. The molecular weight excluding hydrogens is 218 g/mol. The number of hydrogen-bond acceptors (Lipinski definition) is 3. The van der Waals surface area contributed by atoms with Crippen LogP contribution in [-0.4, -0.2) is 28.7 Å². The van der Waals surface area contributed by atoms with E-state index in [0.29, 0.717) is 19.6 Å². The highest BCUT2D eigenvalue weighted by molar-refractivity contribution is 5.71. The summed E-state index contributed by atoms with van der Waals surface area (Å²) >= 11 is 0. The third-order valence-electron chi connectivity index (χ3n) is 2.42. The van der Waals surface area contributed by atoms with Gasteiger partial charge in [-0.25, -0.2) is 9.31 Å². The third kappa shape index (κ3) is 2.94. The maximum Gasteiger partial charge on any atom is 0.312 e. The molecule has 0 unspecified atom stereocenters. The SMILES string of the molecule is NC(=O)NCCNCc1cnn2ccccc12. The lowest BCUT2D eigenvalue weighted by atomic mass is 10.2. The first-order valence-electron chi connectivity index (χ1n) is 5.42. The van der Waals surface area contributed by atoms with Crippen LogP contribution in [0.2, 0.25) is 0 Å². The van der Waals surface area contributed by atoms with Gasteiger partial charge in [0.05, 0.1) is 11.7 Å². The van der Waals surface area contributed by atoms with E-state index in [4.69, 9.17) is 5.73 Å². The van der Waals surface area contributed by atoms with Crippen LogP contribution in [0.4, 0.5) is 4.79 Å². The molecule has 6 nitrogen and oxygen atoms in total. The average molecular weight is 233 g/mol. The molecule has 2 aromatic rings. The number of pyridine rings is 1. The summed E-state index contributed by atoms with van der Waals surface area (Å²) in [5.41, 5.74) is 7.17. The van der Waals surface area contributed by atoms with Gasteiger partial charge < -0.3 is 16.4 Å². The van der Waals surface area contributed by atoms with Crippen LogP contribution >= 0.6 is 0 Å². The molecule has 0 saturated heterocycles. The molecule has 2 heterocycles. The van der Waals surface area contributed by atoms with E-state index in [2.05, 4.69) is 15.7 Å². The zero-order valence-corrected chi connectivity index (χ0v) is 9.39. The van der Waals surface area contributed by atoms with Crippen molar-refractivity contribution < 1.29 is 4.79 Å². The van der Waals surface area contributed by atoms with Crippen LogP contribution < -0.4 is 16.4 Å². The number of rotatable bonds is 5. The molecule has 0 aromatic carbocycles. The predicted octanol–water partition coefficient (Wildman–Crippen LogP) is 0.0922. The topological polar surface area (TPSA) is 84.5 Å². The fraction of sp³-hybridized carbons (Fsp3) is 0.273. The second-order valence-corrected chi connectivity index (χ2v) is 3.67. The van der Waals surface area contributed by atoms with Crippen molar-refractivity contribution in [2.75, 3.05) is 13.1 Å². The second-order valence-electron chi connectivity index (χ2n) is 3.67. The van der Waals surface area contributed by atoms with Crippen molar-refractivity contribution >= 4 is 11.5 Å². The Bertz CT molecular complexity index is 507. The van der Waals surface area contributed by atoms with Gasteiger partial charge in [-0.1, -0.05) is 6.07 Å². The number of fused-ring (bicyclic) bond motifs is 1. The third-order valence-corrected chi connectivity index (χ3v) is 2.42. The van der Waals surface area contributed by atoms with Gasteiger partial charge in [-0.2, -0.15) is 5.10 Å². The minimum atomic E-state index is -0.497. The van der Waals surface area contributed by atoms with Gasteiger partial charge in [0.15, 0.2) is 0 Å². The highest BCUT2D eigenvalue weighted by Gasteiger charge is 2.01. The van der Waals surface area contributed by atoms with E-state index in [1.54, 1.807) is 0 Å².